The normalized spacial score (nSPS) is 9.95. The minimum atomic E-state index is -0.275. The topological polar surface area (TPSA) is 59.1 Å². The smallest absolute Gasteiger partial charge is 0.251 e. The first-order valence-corrected chi connectivity index (χ1v) is 5.95. The van der Waals surface area contributed by atoms with E-state index < -0.39 is 0 Å². The average molecular weight is 254 g/mol. The number of aryl methyl sites for hydroxylation is 1. The number of hydrogen-bond donors (Lipinski definition) is 1. The van der Waals surface area contributed by atoms with E-state index in [1.807, 2.05) is 19.1 Å². The summed E-state index contributed by atoms with van der Waals surface area (Å²) in [6.45, 7) is 1.95. The number of hydrogen-bond acceptors (Lipinski definition) is 3. The molecule has 4 nitrogen and oxygen atoms in total. The van der Waals surface area contributed by atoms with Gasteiger partial charge in [0.25, 0.3) is 5.91 Å². The number of nitrogens with one attached hydrogen (secondary N) is 1. The number of Topliss-reactive ketones (excluding diaryl/α,β-unsaturated/α-hetero) is 1. The van der Waals surface area contributed by atoms with Crippen LogP contribution in [0.3, 0.4) is 0 Å². The van der Waals surface area contributed by atoms with Crippen molar-refractivity contribution in [3.05, 3.63) is 65.5 Å². The number of pyridine rings is 1. The molecule has 2 rings (SSSR count). The fourth-order valence-electron chi connectivity index (χ4n) is 1.61. The van der Waals surface area contributed by atoms with Gasteiger partial charge >= 0.3 is 0 Å². The van der Waals surface area contributed by atoms with Crippen LogP contribution in [0.2, 0.25) is 0 Å². The minimum Gasteiger partial charge on any atom is -0.345 e. The van der Waals surface area contributed by atoms with Gasteiger partial charge in [-0.25, -0.2) is 0 Å². The lowest BCUT2D eigenvalue weighted by atomic mass is 10.1. The molecule has 4 heteroatoms. The van der Waals surface area contributed by atoms with E-state index in [2.05, 4.69) is 10.3 Å². The quantitative estimate of drug-likeness (QED) is 0.849. The minimum absolute atomic E-state index is 0.00971. The Morgan fingerprint density at radius 3 is 2.26 bits per heavy atom. The molecule has 0 saturated heterocycles. The van der Waals surface area contributed by atoms with Crippen LogP contribution in [0.5, 0.6) is 0 Å². The highest BCUT2D eigenvalue weighted by Crippen LogP contribution is 2.04. The maximum absolute atomic E-state index is 11.9. The van der Waals surface area contributed by atoms with Crippen molar-refractivity contribution in [2.75, 3.05) is 6.54 Å². The van der Waals surface area contributed by atoms with Crippen molar-refractivity contribution < 1.29 is 9.59 Å². The summed E-state index contributed by atoms with van der Waals surface area (Å²) in [4.78, 5) is 27.4. The van der Waals surface area contributed by atoms with Crippen molar-refractivity contribution in [3.63, 3.8) is 0 Å². The zero-order chi connectivity index (χ0) is 13.7. The standard InChI is InChI=1S/C15H14N2O2/c1-11-2-4-12(5-3-11)14(18)10-17-15(19)13-6-8-16-9-7-13/h2-9H,10H2,1H3,(H,17,19). The van der Waals surface area contributed by atoms with Gasteiger partial charge in [0.05, 0.1) is 6.54 Å². The molecule has 19 heavy (non-hydrogen) atoms. The molecule has 2 aromatic rings. The van der Waals surface area contributed by atoms with E-state index in [4.69, 9.17) is 0 Å². The second-order valence-corrected chi connectivity index (χ2v) is 4.21. The Kier molecular flexibility index (Phi) is 4.03. The van der Waals surface area contributed by atoms with Gasteiger partial charge in [-0.05, 0) is 19.1 Å². The van der Waals surface area contributed by atoms with Gasteiger partial charge in [0.2, 0.25) is 0 Å². The summed E-state index contributed by atoms with van der Waals surface area (Å²) >= 11 is 0. The fourth-order valence-corrected chi connectivity index (χ4v) is 1.61. The van der Waals surface area contributed by atoms with Crippen molar-refractivity contribution >= 4 is 11.7 Å². The van der Waals surface area contributed by atoms with Crippen molar-refractivity contribution in [2.24, 2.45) is 0 Å². The van der Waals surface area contributed by atoms with Gasteiger partial charge in [-0.1, -0.05) is 29.8 Å². The number of carbonyl (C=O) groups is 2. The molecular formula is C15H14N2O2. The molecule has 96 valence electrons. The molecule has 0 aliphatic rings. The predicted molar refractivity (Wildman–Crippen MR) is 72.1 cm³/mol. The van der Waals surface area contributed by atoms with Gasteiger partial charge in [-0.15, -0.1) is 0 Å². The second kappa shape index (κ2) is 5.91. The van der Waals surface area contributed by atoms with Gasteiger partial charge in [0.15, 0.2) is 5.78 Å². The molecule has 1 N–H and O–H groups in total. The van der Waals surface area contributed by atoms with Crippen LogP contribution in [0.1, 0.15) is 26.3 Å². The molecule has 1 aromatic carbocycles. The first-order valence-electron chi connectivity index (χ1n) is 5.95. The number of rotatable bonds is 4. The molecule has 1 heterocycles. The van der Waals surface area contributed by atoms with Crippen LogP contribution in [0.4, 0.5) is 0 Å². The molecule has 0 spiro atoms. The Balaban J connectivity index is 1.94. The predicted octanol–water partition coefficient (Wildman–Crippen LogP) is 2.00. The summed E-state index contributed by atoms with van der Waals surface area (Å²) in [5, 5.41) is 2.60. The lowest BCUT2D eigenvalue weighted by molar-refractivity contribution is 0.0904. The van der Waals surface area contributed by atoms with Crippen LogP contribution in [0.15, 0.2) is 48.8 Å². The van der Waals surface area contributed by atoms with Crippen LogP contribution in [0, 0.1) is 6.92 Å². The maximum atomic E-state index is 11.9. The Labute approximate surface area is 111 Å². The van der Waals surface area contributed by atoms with E-state index in [0.29, 0.717) is 11.1 Å². The van der Waals surface area contributed by atoms with Crippen LogP contribution in [0.25, 0.3) is 0 Å². The zero-order valence-electron chi connectivity index (χ0n) is 10.6. The Bertz CT molecular complexity index is 577. The molecule has 0 bridgehead atoms. The highest BCUT2D eigenvalue weighted by Gasteiger charge is 2.09. The van der Waals surface area contributed by atoms with E-state index in [0.717, 1.165) is 5.56 Å². The number of benzene rings is 1. The molecule has 0 aliphatic carbocycles. The van der Waals surface area contributed by atoms with E-state index in [-0.39, 0.29) is 18.2 Å². The molecule has 1 amide bonds. The highest BCUT2D eigenvalue weighted by molar-refractivity contribution is 6.02. The van der Waals surface area contributed by atoms with E-state index in [9.17, 15) is 9.59 Å². The Morgan fingerprint density at radius 1 is 1.00 bits per heavy atom. The third-order valence-electron chi connectivity index (χ3n) is 2.73. The van der Waals surface area contributed by atoms with Crippen LogP contribution >= 0.6 is 0 Å². The highest BCUT2D eigenvalue weighted by atomic mass is 16.2. The summed E-state index contributed by atoms with van der Waals surface area (Å²) < 4.78 is 0. The zero-order valence-corrected chi connectivity index (χ0v) is 10.6. The van der Waals surface area contributed by atoms with Gasteiger partial charge in [-0.3, -0.25) is 14.6 Å². The molecule has 0 atom stereocenters. The number of carbonyl (C=O) groups excluding carboxylic acids is 2. The van der Waals surface area contributed by atoms with Crippen molar-refractivity contribution in [1.29, 1.82) is 0 Å². The van der Waals surface area contributed by atoms with Gasteiger partial charge in [-0.2, -0.15) is 0 Å². The van der Waals surface area contributed by atoms with E-state index in [1.165, 1.54) is 12.4 Å². The summed E-state index contributed by atoms with van der Waals surface area (Å²) in [5.41, 5.74) is 2.18. The third-order valence-corrected chi connectivity index (χ3v) is 2.73. The molecule has 0 saturated carbocycles. The summed E-state index contributed by atoms with van der Waals surface area (Å²) in [6, 6.07) is 10.5. The largest absolute Gasteiger partial charge is 0.345 e. The molecular weight excluding hydrogens is 240 g/mol. The maximum Gasteiger partial charge on any atom is 0.251 e. The summed E-state index contributed by atoms with van der Waals surface area (Å²) in [7, 11) is 0. The fraction of sp³-hybridized carbons (Fsp3) is 0.133. The number of nitrogens with zero attached hydrogens (tertiary/aromatic N) is 1. The second-order valence-electron chi connectivity index (χ2n) is 4.21. The van der Waals surface area contributed by atoms with Gasteiger partial charge in [0, 0.05) is 23.5 Å². The molecule has 0 aliphatic heterocycles. The van der Waals surface area contributed by atoms with Crippen molar-refractivity contribution in [2.45, 2.75) is 6.92 Å². The Morgan fingerprint density at radius 2 is 1.63 bits per heavy atom. The molecule has 0 fully saturated rings. The summed E-state index contributed by atoms with van der Waals surface area (Å²) in [6.07, 6.45) is 3.08. The molecule has 1 aromatic heterocycles. The number of amides is 1. The van der Waals surface area contributed by atoms with Crippen molar-refractivity contribution in [1.82, 2.24) is 10.3 Å². The number of aromatic nitrogens is 1. The average Bonchev–Trinajstić information content (AvgIpc) is 2.46. The number of ketones is 1. The lowest BCUT2D eigenvalue weighted by Gasteiger charge is -2.04. The van der Waals surface area contributed by atoms with Crippen LogP contribution < -0.4 is 5.32 Å². The van der Waals surface area contributed by atoms with Crippen LogP contribution in [-0.4, -0.2) is 23.2 Å². The first-order chi connectivity index (χ1) is 9.16. The molecule has 0 radical (unpaired) electrons. The van der Waals surface area contributed by atoms with E-state index >= 15 is 0 Å². The van der Waals surface area contributed by atoms with E-state index in [1.54, 1.807) is 24.3 Å². The Hall–Kier alpha value is -2.49. The third kappa shape index (κ3) is 3.48. The SMILES string of the molecule is Cc1ccc(C(=O)CNC(=O)c2ccncc2)cc1. The van der Waals surface area contributed by atoms with Crippen LogP contribution in [-0.2, 0) is 0 Å². The van der Waals surface area contributed by atoms with Gasteiger partial charge in [0.1, 0.15) is 0 Å². The van der Waals surface area contributed by atoms with Gasteiger partial charge < -0.3 is 5.32 Å². The van der Waals surface area contributed by atoms with Crippen molar-refractivity contribution in [3.8, 4) is 0 Å². The monoisotopic (exact) mass is 254 g/mol. The lowest BCUT2D eigenvalue weighted by Crippen LogP contribution is -2.29. The first kappa shape index (κ1) is 13.0. The summed E-state index contributed by atoms with van der Waals surface area (Å²) in [5.74, 6) is -0.384. The molecule has 0 unspecified atom stereocenters.